The highest BCUT2D eigenvalue weighted by Crippen LogP contribution is 2.23. The number of para-hydroxylation sites is 1. The van der Waals surface area contributed by atoms with Gasteiger partial charge in [0.2, 0.25) is 0 Å². The molecule has 5 heteroatoms. The molecule has 0 saturated carbocycles. The smallest absolute Gasteiger partial charge is 0.177 e. The summed E-state index contributed by atoms with van der Waals surface area (Å²) in [6, 6.07) is 4.55. The van der Waals surface area contributed by atoms with E-state index in [1.54, 1.807) is 12.1 Å². The van der Waals surface area contributed by atoms with Crippen molar-refractivity contribution in [2.24, 2.45) is 0 Å². The first-order chi connectivity index (χ1) is 5.43. The van der Waals surface area contributed by atoms with Gasteiger partial charge in [-0.05, 0) is 12.1 Å². The minimum absolute atomic E-state index is 0.0856. The Hall–Kier alpha value is -1.23. The lowest BCUT2D eigenvalue weighted by Gasteiger charge is -2.04. The van der Waals surface area contributed by atoms with Crippen molar-refractivity contribution < 1.29 is 8.42 Å². The fourth-order valence-corrected chi connectivity index (χ4v) is 1.73. The van der Waals surface area contributed by atoms with Gasteiger partial charge in [0.05, 0.1) is 16.3 Å². The quantitative estimate of drug-likeness (QED) is 0.616. The van der Waals surface area contributed by atoms with Gasteiger partial charge >= 0.3 is 0 Å². The molecule has 0 bridgehead atoms. The number of anilines is 2. The van der Waals surface area contributed by atoms with Crippen molar-refractivity contribution in [3.63, 3.8) is 0 Å². The predicted molar refractivity (Wildman–Crippen MR) is 48.4 cm³/mol. The summed E-state index contributed by atoms with van der Waals surface area (Å²) >= 11 is 0. The normalized spacial score (nSPS) is 11.4. The zero-order valence-corrected chi connectivity index (χ0v) is 7.43. The molecule has 0 atom stereocenters. The Labute approximate surface area is 71.1 Å². The molecule has 0 aliphatic rings. The molecule has 0 aliphatic heterocycles. The van der Waals surface area contributed by atoms with Crippen LogP contribution in [-0.2, 0) is 9.84 Å². The zero-order valence-electron chi connectivity index (χ0n) is 6.61. The van der Waals surface area contributed by atoms with E-state index in [0.29, 0.717) is 0 Å². The van der Waals surface area contributed by atoms with Gasteiger partial charge in [0.15, 0.2) is 9.84 Å². The Morgan fingerprint density at radius 2 is 1.83 bits per heavy atom. The molecule has 1 rings (SSSR count). The second-order valence-electron chi connectivity index (χ2n) is 2.53. The summed E-state index contributed by atoms with van der Waals surface area (Å²) in [6.45, 7) is 0. The van der Waals surface area contributed by atoms with Crippen LogP contribution in [0.1, 0.15) is 0 Å². The molecule has 0 radical (unpaired) electrons. The zero-order chi connectivity index (χ0) is 9.35. The lowest BCUT2D eigenvalue weighted by atomic mass is 10.3. The molecule has 0 saturated heterocycles. The molecule has 1 aromatic rings. The fourth-order valence-electron chi connectivity index (χ4n) is 0.884. The largest absolute Gasteiger partial charge is 0.397 e. The van der Waals surface area contributed by atoms with Crippen molar-refractivity contribution in [2.45, 2.75) is 4.90 Å². The Balaban J connectivity index is 3.47. The van der Waals surface area contributed by atoms with Crippen molar-refractivity contribution in [1.82, 2.24) is 0 Å². The average molecular weight is 186 g/mol. The average Bonchev–Trinajstić information content (AvgIpc) is 1.92. The van der Waals surface area contributed by atoms with E-state index in [4.69, 9.17) is 11.5 Å². The van der Waals surface area contributed by atoms with Gasteiger partial charge in [-0.25, -0.2) is 8.42 Å². The van der Waals surface area contributed by atoms with Crippen LogP contribution < -0.4 is 11.5 Å². The summed E-state index contributed by atoms with van der Waals surface area (Å²) in [4.78, 5) is 0.0856. The van der Waals surface area contributed by atoms with Crippen molar-refractivity contribution in [3.05, 3.63) is 18.2 Å². The number of rotatable bonds is 1. The summed E-state index contributed by atoms with van der Waals surface area (Å²) in [6.07, 6.45) is 1.10. The molecule has 0 spiro atoms. The molecule has 66 valence electrons. The minimum atomic E-state index is -3.26. The van der Waals surface area contributed by atoms with Crippen molar-refractivity contribution in [1.29, 1.82) is 0 Å². The van der Waals surface area contributed by atoms with Gasteiger partial charge in [0.1, 0.15) is 0 Å². The number of nitrogens with two attached hydrogens (primary N) is 2. The Morgan fingerprint density at radius 3 is 2.25 bits per heavy atom. The molecule has 1 aromatic carbocycles. The molecule has 12 heavy (non-hydrogen) atoms. The molecule has 0 amide bonds. The van der Waals surface area contributed by atoms with Crippen molar-refractivity contribution in [3.8, 4) is 0 Å². The first-order valence-corrected chi connectivity index (χ1v) is 5.16. The van der Waals surface area contributed by atoms with E-state index in [1.807, 2.05) is 0 Å². The third-order valence-electron chi connectivity index (χ3n) is 1.50. The second-order valence-corrected chi connectivity index (χ2v) is 4.52. The molecule has 4 N–H and O–H groups in total. The third kappa shape index (κ3) is 1.50. The number of hydrogen-bond donors (Lipinski definition) is 2. The molecule has 0 aromatic heterocycles. The molecular formula is C7H10N2O2S. The van der Waals surface area contributed by atoms with Gasteiger partial charge in [0.25, 0.3) is 0 Å². The SMILES string of the molecule is CS(=O)(=O)c1cccc(N)c1N. The van der Waals surface area contributed by atoms with E-state index in [2.05, 4.69) is 0 Å². The van der Waals surface area contributed by atoms with Gasteiger partial charge in [-0.1, -0.05) is 6.07 Å². The maximum Gasteiger partial charge on any atom is 0.177 e. The van der Waals surface area contributed by atoms with Crippen LogP contribution in [-0.4, -0.2) is 14.7 Å². The van der Waals surface area contributed by atoms with E-state index < -0.39 is 9.84 Å². The molecule has 0 fully saturated rings. The van der Waals surface area contributed by atoms with Gasteiger partial charge in [0, 0.05) is 6.26 Å². The molecule has 0 heterocycles. The van der Waals surface area contributed by atoms with Crippen LogP contribution in [0.15, 0.2) is 23.1 Å². The highest BCUT2D eigenvalue weighted by atomic mass is 32.2. The standard InChI is InChI=1S/C7H10N2O2S/c1-12(10,11)6-4-2-3-5(8)7(6)9/h2-4H,8-9H2,1H3. The van der Waals surface area contributed by atoms with E-state index >= 15 is 0 Å². The Kier molecular flexibility index (Phi) is 1.97. The van der Waals surface area contributed by atoms with Gasteiger partial charge < -0.3 is 11.5 Å². The highest BCUT2D eigenvalue weighted by Gasteiger charge is 2.11. The Morgan fingerprint density at radius 1 is 1.25 bits per heavy atom. The van der Waals surface area contributed by atoms with E-state index in [1.165, 1.54) is 6.07 Å². The number of nitrogen functional groups attached to an aromatic ring is 2. The number of benzene rings is 1. The predicted octanol–water partition coefficient (Wildman–Crippen LogP) is 0.255. The van der Waals surface area contributed by atoms with Crippen LogP contribution in [0.25, 0.3) is 0 Å². The van der Waals surface area contributed by atoms with E-state index in [0.717, 1.165) is 6.26 Å². The molecule has 0 aliphatic carbocycles. The maximum atomic E-state index is 11.1. The summed E-state index contributed by atoms with van der Waals surface area (Å²) in [5.41, 5.74) is 11.3. The number of sulfone groups is 1. The minimum Gasteiger partial charge on any atom is -0.397 e. The van der Waals surface area contributed by atoms with Crippen LogP contribution in [0, 0.1) is 0 Å². The second kappa shape index (κ2) is 2.67. The highest BCUT2D eigenvalue weighted by molar-refractivity contribution is 7.90. The Bertz CT molecular complexity index is 398. The van der Waals surface area contributed by atoms with Crippen LogP contribution in [0.5, 0.6) is 0 Å². The molecule has 0 unspecified atom stereocenters. The van der Waals surface area contributed by atoms with Crippen molar-refractivity contribution >= 4 is 21.2 Å². The first kappa shape index (κ1) is 8.86. The van der Waals surface area contributed by atoms with Gasteiger partial charge in [-0.3, -0.25) is 0 Å². The van der Waals surface area contributed by atoms with Crippen LogP contribution in [0.4, 0.5) is 11.4 Å². The van der Waals surface area contributed by atoms with Crippen molar-refractivity contribution in [2.75, 3.05) is 17.7 Å². The van der Waals surface area contributed by atoms with Gasteiger partial charge in [-0.2, -0.15) is 0 Å². The van der Waals surface area contributed by atoms with E-state index in [9.17, 15) is 8.42 Å². The number of hydrogen-bond acceptors (Lipinski definition) is 4. The molecule has 4 nitrogen and oxygen atoms in total. The first-order valence-electron chi connectivity index (χ1n) is 3.27. The van der Waals surface area contributed by atoms with Crippen LogP contribution in [0.2, 0.25) is 0 Å². The fraction of sp³-hybridized carbons (Fsp3) is 0.143. The summed E-state index contributed by atoms with van der Waals surface area (Å²) in [5, 5.41) is 0. The monoisotopic (exact) mass is 186 g/mol. The molecular weight excluding hydrogens is 176 g/mol. The summed E-state index contributed by atoms with van der Waals surface area (Å²) in [7, 11) is -3.26. The van der Waals surface area contributed by atoms with Crippen LogP contribution >= 0.6 is 0 Å². The summed E-state index contributed by atoms with van der Waals surface area (Å²) < 4.78 is 22.1. The lowest BCUT2D eigenvalue weighted by molar-refractivity contribution is 0.602. The van der Waals surface area contributed by atoms with Gasteiger partial charge in [-0.15, -0.1) is 0 Å². The lowest BCUT2D eigenvalue weighted by Crippen LogP contribution is -2.04. The topological polar surface area (TPSA) is 86.2 Å². The maximum absolute atomic E-state index is 11.1. The summed E-state index contributed by atoms with van der Waals surface area (Å²) in [5.74, 6) is 0. The van der Waals surface area contributed by atoms with Crippen LogP contribution in [0.3, 0.4) is 0 Å². The third-order valence-corrected chi connectivity index (χ3v) is 2.65. The van der Waals surface area contributed by atoms with E-state index in [-0.39, 0.29) is 16.3 Å².